The van der Waals surface area contributed by atoms with Gasteiger partial charge in [-0.2, -0.15) is 4.98 Å². The van der Waals surface area contributed by atoms with Gasteiger partial charge in [0.2, 0.25) is 5.95 Å². The van der Waals surface area contributed by atoms with Crippen molar-refractivity contribution in [1.82, 2.24) is 24.4 Å². The van der Waals surface area contributed by atoms with E-state index in [9.17, 15) is 4.79 Å². The maximum Gasteiger partial charge on any atom is 0.328 e. The van der Waals surface area contributed by atoms with Gasteiger partial charge in [0.1, 0.15) is 5.52 Å². The second-order valence-corrected chi connectivity index (χ2v) is 6.18. The molecule has 3 aromatic rings. The van der Waals surface area contributed by atoms with Crippen LogP contribution in [0.3, 0.4) is 0 Å². The van der Waals surface area contributed by atoms with E-state index in [1.807, 2.05) is 32.3 Å². The van der Waals surface area contributed by atoms with Crippen LogP contribution in [-0.4, -0.2) is 51.6 Å². The van der Waals surface area contributed by atoms with E-state index >= 15 is 0 Å². The van der Waals surface area contributed by atoms with Gasteiger partial charge in [-0.1, -0.05) is 29.8 Å². The summed E-state index contributed by atoms with van der Waals surface area (Å²) in [6.45, 7) is 1.94. The van der Waals surface area contributed by atoms with E-state index in [2.05, 4.69) is 25.2 Å². The topological polar surface area (TPSA) is 78.8 Å². The molecule has 0 spiro atoms. The molecule has 0 bridgehead atoms. The van der Waals surface area contributed by atoms with Gasteiger partial charge in [0.15, 0.2) is 5.65 Å². The molecule has 2 N–H and O–H groups in total. The van der Waals surface area contributed by atoms with Crippen molar-refractivity contribution in [2.24, 2.45) is 0 Å². The summed E-state index contributed by atoms with van der Waals surface area (Å²) in [5.74, 6) is 0.497. The largest absolute Gasteiger partial charge is 0.353 e. The third-order valence-corrected chi connectivity index (χ3v) is 4.01. The summed E-state index contributed by atoms with van der Waals surface area (Å²) in [7, 11) is 4.00. The summed E-state index contributed by atoms with van der Waals surface area (Å²) >= 11 is 6.20. The van der Waals surface area contributed by atoms with Crippen LogP contribution in [-0.2, 0) is 6.54 Å². The molecule has 126 valence electrons. The van der Waals surface area contributed by atoms with Gasteiger partial charge in [-0.15, -0.1) is 0 Å². The first-order valence-corrected chi connectivity index (χ1v) is 8.00. The summed E-state index contributed by atoms with van der Waals surface area (Å²) in [6.07, 6.45) is 1.62. The van der Waals surface area contributed by atoms with Gasteiger partial charge < -0.3 is 15.2 Å². The van der Waals surface area contributed by atoms with Gasteiger partial charge in [-0.05, 0) is 25.7 Å². The highest BCUT2D eigenvalue weighted by Crippen LogP contribution is 2.17. The van der Waals surface area contributed by atoms with Crippen molar-refractivity contribution in [3.63, 3.8) is 0 Å². The molecule has 0 atom stereocenters. The van der Waals surface area contributed by atoms with Gasteiger partial charge in [0.05, 0.1) is 12.7 Å². The van der Waals surface area contributed by atoms with E-state index in [-0.39, 0.29) is 5.69 Å². The zero-order valence-electron chi connectivity index (χ0n) is 13.6. The smallest absolute Gasteiger partial charge is 0.328 e. The monoisotopic (exact) mass is 346 g/mol. The van der Waals surface area contributed by atoms with Crippen molar-refractivity contribution in [2.45, 2.75) is 6.54 Å². The van der Waals surface area contributed by atoms with Gasteiger partial charge in [0, 0.05) is 18.1 Å². The Morgan fingerprint density at radius 2 is 2.12 bits per heavy atom. The minimum absolute atomic E-state index is 0.232. The first-order valence-electron chi connectivity index (χ1n) is 7.62. The molecule has 0 fully saturated rings. The van der Waals surface area contributed by atoms with Crippen molar-refractivity contribution in [2.75, 3.05) is 32.5 Å². The molecule has 2 aromatic heterocycles. The lowest BCUT2D eigenvalue weighted by atomic mass is 10.2. The van der Waals surface area contributed by atoms with Crippen molar-refractivity contribution in [1.29, 1.82) is 0 Å². The van der Waals surface area contributed by atoms with Crippen molar-refractivity contribution >= 4 is 28.7 Å². The number of halogens is 1. The first-order chi connectivity index (χ1) is 11.5. The Labute approximate surface area is 144 Å². The Morgan fingerprint density at radius 1 is 1.33 bits per heavy atom. The molecule has 0 saturated carbocycles. The van der Waals surface area contributed by atoms with Gasteiger partial charge in [-0.3, -0.25) is 4.57 Å². The van der Waals surface area contributed by atoms with E-state index < -0.39 is 0 Å². The summed E-state index contributed by atoms with van der Waals surface area (Å²) in [6, 6.07) is 7.45. The fourth-order valence-electron chi connectivity index (χ4n) is 2.37. The molecular formula is C16H19ClN6O. The lowest BCUT2D eigenvalue weighted by Crippen LogP contribution is -2.21. The van der Waals surface area contributed by atoms with Crippen LogP contribution in [0.4, 0.5) is 5.95 Å². The van der Waals surface area contributed by atoms with Crippen LogP contribution in [0.5, 0.6) is 0 Å². The fourth-order valence-corrected chi connectivity index (χ4v) is 2.56. The minimum atomic E-state index is -0.232. The number of rotatable bonds is 6. The van der Waals surface area contributed by atoms with Crippen LogP contribution in [0, 0.1) is 0 Å². The van der Waals surface area contributed by atoms with Crippen LogP contribution in [0.25, 0.3) is 11.2 Å². The van der Waals surface area contributed by atoms with E-state index in [1.54, 1.807) is 16.8 Å². The van der Waals surface area contributed by atoms with E-state index in [1.165, 1.54) is 0 Å². The number of aromatic nitrogens is 4. The zero-order chi connectivity index (χ0) is 17.1. The van der Waals surface area contributed by atoms with Gasteiger partial charge in [0.25, 0.3) is 0 Å². The third kappa shape index (κ3) is 3.58. The molecule has 2 heterocycles. The molecule has 7 nitrogen and oxygen atoms in total. The SMILES string of the molecule is CN(C)CCNc1ncc2[nH]c(=O)n(Cc3ccccc3Cl)c2n1. The van der Waals surface area contributed by atoms with Crippen LogP contribution in [0.2, 0.25) is 5.02 Å². The summed E-state index contributed by atoms with van der Waals surface area (Å²) in [5, 5.41) is 3.78. The highest BCUT2D eigenvalue weighted by molar-refractivity contribution is 6.31. The Hall–Kier alpha value is -2.38. The average molecular weight is 347 g/mol. The number of imidazole rings is 1. The number of H-pyrrole nitrogens is 1. The number of aromatic amines is 1. The molecule has 0 aliphatic carbocycles. The molecule has 0 unspecified atom stereocenters. The molecule has 3 rings (SSSR count). The highest BCUT2D eigenvalue weighted by atomic mass is 35.5. The molecule has 0 saturated heterocycles. The molecule has 0 aliphatic heterocycles. The number of anilines is 1. The van der Waals surface area contributed by atoms with E-state index in [0.29, 0.717) is 28.7 Å². The van der Waals surface area contributed by atoms with Crippen LogP contribution >= 0.6 is 11.6 Å². The Morgan fingerprint density at radius 3 is 2.88 bits per heavy atom. The van der Waals surface area contributed by atoms with Gasteiger partial charge >= 0.3 is 5.69 Å². The number of benzene rings is 1. The van der Waals surface area contributed by atoms with Crippen LogP contribution < -0.4 is 11.0 Å². The Balaban J connectivity index is 1.91. The number of fused-ring (bicyclic) bond motifs is 1. The minimum Gasteiger partial charge on any atom is -0.353 e. The summed E-state index contributed by atoms with van der Waals surface area (Å²) in [5.41, 5.74) is 1.79. The molecule has 0 radical (unpaired) electrons. The molecule has 8 heteroatoms. The van der Waals surface area contributed by atoms with E-state index in [4.69, 9.17) is 11.6 Å². The quantitative estimate of drug-likeness (QED) is 0.711. The molecule has 0 amide bonds. The van der Waals surface area contributed by atoms with Gasteiger partial charge in [-0.25, -0.2) is 9.78 Å². The van der Waals surface area contributed by atoms with Crippen molar-refractivity contribution in [3.05, 3.63) is 51.5 Å². The zero-order valence-corrected chi connectivity index (χ0v) is 14.3. The van der Waals surface area contributed by atoms with Crippen molar-refractivity contribution < 1.29 is 0 Å². The lowest BCUT2D eigenvalue weighted by Gasteiger charge is -2.10. The number of hydrogen-bond donors (Lipinski definition) is 2. The first kappa shape index (κ1) is 16.5. The third-order valence-electron chi connectivity index (χ3n) is 3.64. The second-order valence-electron chi connectivity index (χ2n) is 5.77. The predicted molar refractivity (Wildman–Crippen MR) is 95.7 cm³/mol. The van der Waals surface area contributed by atoms with Crippen molar-refractivity contribution in [3.8, 4) is 0 Å². The molecule has 24 heavy (non-hydrogen) atoms. The fraction of sp³-hybridized carbons (Fsp3) is 0.312. The second kappa shape index (κ2) is 7.02. The molecular weight excluding hydrogens is 328 g/mol. The normalized spacial score (nSPS) is 11.3. The maximum absolute atomic E-state index is 12.2. The number of nitrogens with zero attached hydrogens (tertiary/aromatic N) is 4. The standard InChI is InChI=1S/C16H19ClN6O/c1-22(2)8-7-18-15-19-9-13-14(21-15)23(16(24)20-13)10-11-5-3-4-6-12(11)17/h3-6,9H,7-8,10H2,1-2H3,(H,20,24)(H,18,19,21). The Kier molecular flexibility index (Phi) is 4.82. The van der Waals surface area contributed by atoms with Crippen LogP contribution in [0.15, 0.2) is 35.3 Å². The highest BCUT2D eigenvalue weighted by Gasteiger charge is 2.11. The summed E-state index contributed by atoms with van der Waals surface area (Å²) in [4.78, 5) is 25.8. The predicted octanol–water partition coefficient (Wildman–Crippen LogP) is 1.79. The Bertz CT molecular complexity index is 901. The van der Waals surface area contributed by atoms with E-state index in [0.717, 1.165) is 18.7 Å². The molecule has 0 aliphatic rings. The maximum atomic E-state index is 12.2. The number of nitrogens with one attached hydrogen (secondary N) is 2. The van der Waals surface area contributed by atoms with Crippen LogP contribution in [0.1, 0.15) is 5.56 Å². The summed E-state index contributed by atoms with van der Waals surface area (Å²) < 4.78 is 1.56. The number of likely N-dealkylation sites (N-methyl/N-ethyl adjacent to an activating group) is 1. The average Bonchev–Trinajstić information content (AvgIpc) is 2.85. The number of hydrogen-bond acceptors (Lipinski definition) is 5. The molecule has 1 aromatic carbocycles. The lowest BCUT2D eigenvalue weighted by molar-refractivity contribution is 0.425.